The van der Waals surface area contributed by atoms with E-state index in [0.717, 1.165) is 51.3 Å². The quantitative estimate of drug-likeness (QED) is 0.357. The third kappa shape index (κ3) is 6.09. The second-order valence-corrected chi connectivity index (χ2v) is 7.71. The van der Waals surface area contributed by atoms with Crippen LogP contribution in [0, 0.1) is 5.92 Å². The van der Waals surface area contributed by atoms with Crippen molar-refractivity contribution in [1.29, 1.82) is 0 Å². The van der Waals surface area contributed by atoms with Crippen molar-refractivity contribution in [2.75, 3.05) is 19.6 Å². The van der Waals surface area contributed by atoms with Gasteiger partial charge >= 0.3 is 0 Å². The van der Waals surface area contributed by atoms with Crippen LogP contribution in [0.25, 0.3) is 0 Å². The SMILES string of the molecule is CCNC(=NCc1ccccc1CC)NC1CCN(C(=O)C2CCCC2)C1.I. The summed E-state index contributed by atoms with van der Waals surface area (Å²) in [5, 5.41) is 6.90. The van der Waals surface area contributed by atoms with Gasteiger partial charge in [0.05, 0.1) is 6.54 Å². The normalized spacial score (nSPS) is 20.1. The van der Waals surface area contributed by atoms with E-state index >= 15 is 0 Å². The Hall–Kier alpha value is -1.31. The molecule has 28 heavy (non-hydrogen) atoms. The fourth-order valence-electron chi connectivity index (χ4n) is 4.24. The number of benzene rings is 1. The van der Waals surface area contributed by atoms with Gasteiger partial charge in [-0.05, 0) is 43.7 Å². The molecule has 6 heteroatoms. The van der Waals surface area contributed by atoms with Crippen LogP contribution in [0.1, 0.15) is 57.1 Å². The zero-order valence-electron chi connectivity index (χ0n) is 17.2. The Labute approximate surface area is 186 Å². The lowest BCUT2D eigenvalue weighted by Gasteiger charge is -2.21. The maximum absolute atomic E-state index is 12.6. The van der Waals surface area contributed by atoms with Gasteiger partial charge in [-0.2, -0.15) is 0 Å². The van der Waals surface area contributed by atoms with Crippen LogP contribution in [0.2, 0.25) is 0 Å². The number of hydrogen-bond donors (Lipinski definition) is 2. The lowest BCUT2D eigenvalue weighted by molar-refractivity contribution is -0.134. The van der Waals surface area contributed by atoms with Crippen molar-refractivity contribution in [3.05, 3.63) is 35.4 Å². The van der Waals surface area contributed by atoms with Crippen molar-refractivity contribution in [2.45, 2.75) is 65.0 Å². The minimum absolute atomic E-state index is 0. The molecule has 2 N–H and O–H groups in total. The summed E-state index contributed by atoms with van der Waals surface area (Å²) in [6.07, 6.45) is 6.60. The second-order valence-electron chi connectivity index (χ2n) is 7.71. The van der Waals surface area contributed by atoms with E-state index in [4.69, 9.17) is 4.99 Å². The predicted molar refractivity (Wildman–Crippen MR) is 126 cm³/mol. The van der Waals surface area contributed by atoms with Gasteiger partial charge in [-0.15, -0.1) is 24.0 Å². The largest absolute Gasteiger partial charge is 0.357 e. The molecule has 1 aromatic rings. The molecular formula is C22H35IN4O. The molecule has 1 aromatic carbocycles. The number of nitrogens with zero attached hydrogens (tertiary/aromatic N) is 2. The lowest BCUT2D eigenvalue weighted by atomic mass is 10.1. The summed E-state index contributed by atoms with van der Waals surface area (Å²) in [5.74, 6) is 1.50. The van der Waals surface area contributed by atoms with E-state index in [2.05, 4.69) is 53.6 Å². The van der Waals surface area contributed by atoms with Crippen LogP contribution in [0.3, 0.4) is 0 Å². The van der Waals surface area contributed by atoms with Crippen LogP contribution in [0.4, 0.5) is 0 Å². The Kier molecular flexibility index (Phi) is 9.55. The van der Waals surface area contributed by atoms with E-state index in [1.807, 2.05) is 0 Å². The zero-order valence-corrected chi connectivity index (χ0v) is 19.6. The molecule has 1 heterocycles. The number of likely N-dealkylation sites (tertiary alicyclic amines) is 1. The van der Waals surface area contributed by atoms with Crippen molar-refractivity contribution in [3.8, 4) is 0 Å². The summed E-state index contributed by atoms with van der Waals surface area (Å²) < 4.78 is 0. The monoisotopic (exact) mass is 498 g/mol. The molecule has 1 amide bonds. The first-order valence-corrected chi connectivity index (χ1v) is 10.6. The maximum atomic E-state index is 12.6. The van der Waals surface area contributed by atoms with E-state index in [-0.39, 0.29) is 35.9 Å². The molecule has 2 aliphatic rings. The summed E-state index contributed by atoms with van der Waals surface area (Å²) >= 11 is 0. The number of hydrogen-bond acceptors (Lipinski definition) is 2. The highest BCUT2D eigenvalue weighted by Crippen LogP contribution is 2.27. The predicted octanol–water partition coefficient (Wildman–Crippen LogP) is 3.71. The lowest BCUT2D eigenvalue weighted by Crippen LogP contribution is -2.45. The fourth-order valence-corrected chi connectivity index (χ4v) is 4.24. The van der Waals surface area contributed by atoms with Gasteiger partial charge in [-0.25, -0.2) is 4.99 Å². The summed E-state index contributed by atoms with van der Waals surface area (Å²) in [6, 6.07) is 8.78. The summed E-state index contributed by atoms with van der Waals surface area (Å²) in [4.78, 5) is 19.5. The van der Waals surface area contributed by atoms with E-state index in [9.17, 15) is 4.79 Å². The Balaban J connectivity index is 0.00000280. The Morgan fingerprint density at radius 1 is 1.14 bits per heavy atom. The molecule has 0 bridgehead atoms. The molecule has 1 saturated heterocycles. The minimum atomic E-state index is 0. The summed E-state index contributed by atoms with van der Waals surface area (Å²) in [6.45, 7) is 7.44. The number of halogens is 1. The molecule has 5 nitrogen and oxygen atoms in total. The van der Waals surface area contributed by atoms with Crippen molar-refractivity contribution >= 4 is 35.8 Å². The molecule has 156 valence electrons. The van der Waals surface area contributed by atoms with Gasteiger partial charge in [0.25, 0.3) is 0 Å². The summed E-state index contributed by atoms with van der Waals surface area (Å²) in [5.41, 5.74) is 2.63. The van der Waals surface area contributed by atoms with Crippen molar-refractivity contribution in [2.24, 2.45) is 10.9 Å². The molecule has 0 radical (unpaired) electrons. The number of nitrogens with one attached hydrogen (secondary N) is 2. The molecule has 0 aromatic heterocycles. The number of aryl methyl sites for hydroxylation is 1. The average Bonchev–Trinajstić information content (AvgIpc) is 3.38. The van der Waals surface area contributed by atoms with E-state index in [1.165, 1.54) is 24.0 Å². The van der Waals surface area contributed by atoms with Gasteiger partial charge in [0.2, 0.25) is 5.91 Å². The van der Waals surface area contributed by atoms with Crippen molar-refractivity contribution in [3.63, 3.8) is 0 Å². The molecule has 1 aliphatic heterocycles. The van der Waals surface area contributed by atoms with Gasteiger partial charge < -0.3 is 15.5 Å². The molecule has 3 rings (SSSR count). The Bertz CT molecular complexity index is 658. The van der Waals surface area contributed by atoms with Gasteiger partial charge in [0.1, 0.15) is 0 Å². The van der Waals surface area contributed by atoms with E-state index < -0.39 is 0 Å². The van der Waals surface area contributed by atoms with E-state index in [0.29, 0.717) is 12.5 Å². The van der Waals surface area contributed by atoms with Crippen LogP contribution in [0.15, 0.2) is 29.3 Å². The van der Waals surface area contributed by atoms with Crippen molar-refractivity contribution < 1.29 is 4.79 Å². The first-order valence-electron chi connectivity index (χ1n) is 10.6. The molecule has 1 saturated carbocycles. The third-order valence-electron chi connectivity index (χ3n) is 5.80. The van der Waals surface area contributed by atoms with Gasteiger partial charge in [0.15, 0.2) is 5.96 Å². The molecule has 0 spiro atoms. The maximum Gasteiger partial charge on any atom is 0.225 e. The fraction of sp³-hybridized carbons (Fsp3) is 0.636. The van der Waals surface area contributed by atoms with Crippen LogP contribution in [-0.4, -0.2) is 42.4 Å². The minimum Gasteiger partial charge on any atom is -0.357 e. The van der Waals surface area contributed by atoms with Crippen molar-refractivity contribution in [1.82, 2.24) is 15.5 Å². The van der Waals surface area contributed by atoms with Crippen LogP contribution in [-0.2, 0) is 17.8 Å². The van der Waals surface area contributed by atoms with Crippen LogP contribution >= 0.6 is 24.0 Å². The molecular weight excluding hydrogens is 463 g/mol. The van der Waals surface area contributed by atoms with Crippen LogP contribution < -0.4 is 10.6 Å². The van der Waals surface area contributed by atoms with Gasteiger partial charge in [-0.1, -0.05) is 44.0 Å². The number of guanidine groups is 1. The van der Waals surface area contributed by atoms with Crippen LogP contribution in [0.5, 0.6) is 0 Å². The molecule has 1 unspecified atom stereocenters. The molecule has 2 fully saturated rings. The zero-order chi connectivity index (χ0) is 19.1. The third-order valence-corrected chi connectivity index (χ3v) is 5.80. The highest BCUT2D eigenvalue weighted by Gasteiger charge is 2.32. The number of carbonyl (C=O) groups excluding carboxylic acids is 1. The topological polar surface area (TPSA) is 56.7 Å². The highest BCUT2D eigenvalue weighted by molar-refractivity contribution is 14.0. The second kappa shape index (κ2) is 11.6. The highest BCUT2D eigenvalue weighted by atomic mass is 127. The molecule has 1 aliphatic carbocycles. The smallest absolute Gasteiger partial charge is 0.225 e. The molecule has 1 atom stereocenters. The Morgan fingerprint density at radius 2 is 1.86 bits per heavy atom. The first-order chi connectivity index (χ1) is 13.2. The van der Waals surface area contributed by atoms with Gasteiger partial charge in [-0.3, -0.25) is 4.79 Å². The number of rotatable bonds is 6. The summed E-state index contributed by atoms with van der Waals surface area (Å²) in [7, 11) is 0. The van der Waals surface area contributed by atoms with Gasteiger partial charge in [0, 0.05) is 31.6 Å². The first kappa shape index (κ1) is 23.0. The number of carbonyl (C=O) groups is 1. The standard InChI is InChI=1S/C22H34N4O.HI/c1-3-17-9-5-8-12-19(17)15-24-22(23-4-2)25-20-13-14-26(16-20)21(27)18-10-6-7-11-18;/h5,8-9,12,18,20H,3-4,6-7,10-11,13-16H2,1-2H3,(H2,23,24,25);1H. The number of aliphatic imine (C=N–C) groups is 1. The van der Waals surface area contributed by atoms with E-state index in [1.54, 1.807) is 0 Å². The average molecular weight is 498 g/mol. The number of amides is 1. The Morgan fingerprint density at radius 3 is 2.54 bits per heavy atom.